The van der Waals surface area contributed by atoms with Crippen LogP contribution in [0.1, 0.15) is 37.3 Å². The predicted octanol–water partition coefficient (Wildman–Crippen LogP) is 3.34. The molecule has 1 unspecified atom stereocenters. The third-order valence-electron chi connectivity index (χ3n) is 3.08. The quantitative estimate of drug-likeness (QED) is 0.480. The van der Waals surface area contributed by atoms with Gasteiger partial charge < -0.3 is 0 Å². The van der Waals surface area contributed by atoms with Gasteiger partial charge in [-0.25, -0.2) is 5.43 Å². The number of allylic oxidation sites excluding steroid dienone is 1. The molecule has 0 spiro atoms. The Morgan fingerprint density at radius 3 is 2.69 bits per heavy atom. The molecule has 3 heteroatoms. The Bertz CT molecular complexity index is 387. The van der Waals surface area contributed by atoms with E-state index in [0.29, 0.717) is 0 Å². The minimum atomic E-state index is 0.0639. The van der Waals surface area contributed by atoms with Crippen LogP contribution in [0.3, 0.4) is 0 Å². The fourth-order valence-corrected chi connectivity index (χ4v) is 2.48. The van der Waals surface area contributed by atoms with Crippen LogP contribution in [0.4, 0.5) is 0 Å². The van der Waals surface area contributed by atoms with Crippen LogP contribution >= 0.6 is 11.6 Å². The second kappa shape index (κ2) is 5.48. The smallest absolute Gasteiger partial charge is 0.0684 e. The van der Waals surface area contributed by atoms with Gasteiger partial charge >= 0.3 is 0 Å². The Morgan fingerprint density at radius 2 is 2.06 bits per heavy atom. The molecule has 16 heavy (non-hydrogen) atoms. The topological polar surface area (TPSA) is 38.0 Å². The van der Waals surface area contributed by atoms with Gasteiger partial charge in [0.2, 0.25) is 0 Å². The van der Waals surface area contributed by atoms with Crippen LogP contribution in [0, 0.1) is 0 Å². The first-order chi connectivity index (χ1) is 7.83. The number of hydrogen-bond acceptors (Lipinski definition) is 2. The average molecular weight is 237 g/mol. The van der Waals surface area contributed by atoms with E-state index in [1.54, 1.807) is 0 Å². The van der Waals surface area contributed by atoms with Crippen molar-refractivity contribution >= 4 is 11.6 Å². The van der Waals surface area contributed by atoms with Crippen molar-refractivity contribution in [3.63, 3.8) is 0 Å². The summed E-state index contributed by atoms with van der Waals surface area (Å²) in [5.41, 5.74) is 5.31. The van der Waals surface area contributed by atoms with Crippen molar-refractivity contribution in [1.82, 2.24) is 5.43 Å². The first-order valence-corrected chi connectivity index (χ1v) is 6.10. The molecule has 0 saturated carbocycles. The lowest BCUT2D eigenvalue weighted by Gasteiger charge is -2.23. The summed E-state index contributed by atoms with van der Waals surface area (Å²) in [6.45, 7) is 0. The molecule has 0 radical (unpaired) electrons. The van der Waals surface area contributed by atoms with Crippen molar-refractivity contribution in [2.45, 2.75) is 31.7 Å². The van der Waals surface area contributed by atoms with Gasteiger partial charge in [-0.15, -0.1) is 0 Å². The van der Waals surface area contributed by atoms with Crippen molar-refractivity contribution in [2.24, 2.45) is 5.84 Å². The molecule has 0 amide bonds. The molecular formula is C13H17ClN2. The van der Waals surface area contributed by atoms with E-state index in [9.17, 15) is 0 Å². The zero-order valence-corrected chi connectivity index (χ0v) is 10.0. The molecule has 86 valence electrons. The maximum atomic E-state index is 6.19. The van der Waals surface area contributed by atoms with E-state index < -0.39 is 0 Å². The van der Waals surface area contributed by atoms with Gasteiger partial charge in [0.15, 0.2) is 0 Å². The molecule has 1 aromatic carbocycles. The summed E-state index contributed by atoms with van der Waals surface area (Å²) in [5, 5.41) is 0.775. The minimum absolute atomic E-state index is 0.0639. The molecule has 1 aliphatic rings. The lowest BCUT2D eigenvalue weighted by molar-refractivity contribution is 0.566. The molecule has 2 nitrogen and oxygen atoms in total. The van der Waals surface area contributed by atoms with Gasteiger partial charge in [-0.2, -0.15) is 0 Å². The second-order valence-corrected chi connectivity index (χ2v) is 4.55. The zero-order valence-electron chi connectivity index (χ0n) is 9.25. The van der Waals surface area contributed by atoms with E-state index in [1.165, 1.54) is 18.4 Å². The van der Waals surface area contributed by atoms with Crippen molar-refractivity contribution in [3.05, 3.63) is 46.5 Å². The van der Waals surface area contributed by atoms with E-state index >= 15 is 0 Å². The van der Waals surface area contributed by atoms with Gasteiger partial charge in [0.05, 0.1) is 6.04 Å². The van der Waals surface area contributed by atoms with E-state index in [2.05, 4.69) is 11.5 Å². The molecule has 0 saturated heterocycles. The molecule has 0 bridgehead atoms. The first-order valence-electron chi connectivity index (χ1n) is 5.72. The molecule has 0 aliphatic heterocycles. The average Bonchev–Trinajstić information content (AvgIpc) is 2.34. The molecule has 3 N–H and O–H groups in total. The van der Waals surface area contributed by atoms with Gasteiger partial charge in [-0.05, 0) is 37.3 Å². The highest BCUT2D eigenvalue weighted by Gasteiger charge is 2.18. The van der Waals surface area contributed by atoms with Crippen LogP contribution in [0.2, 0.25) is 5.02 Å². The van der Waals surface area contributed by atoms with Crippen LogP contribution in [-0.4, -0.2) is 0 Å². The number of hydrazine groups is 1. The van der Waals surface area contributed by atoms with Crippen LogP contribution < -0.4 is 11.3 Å². The number of halogens is 1. The van der Waals surface area contributed by atoms with Gasteiger partial charge in [0.25, 0.3) is 0 Å². The second-order valence-electron chi connectivity index (χ2n) is 4.15. The molecule has 0 heterocycles. The SMILES string of the molecule is NNC(C1=CCCCC1)c1ccccc1Cl. The molecule has 1 aliphatic carbocycles. The van der Waals surface area contributed by atoms with Crippen LogP contribution in [-0.2, 0) is 0 Å². The number of rotatable bonds is 3. The van der Waals surface area contributed by atoms with E-state index in [0.717, 1.165) is 23.4 Å². The third kappa shape index (κ3) is 2.46. The Morgan fingerprint density at radius 1 is 1.25 bits per heavy atom. The molecule has 0 fully saturated rings. The number of benzene rings is 1. The summed E-state index contributed by atoms with van der Waals surface area (Å²) in [5.74, 6) is 5.66. The van der Waals surface area contributed by atoms with Gasteiger partial charge in [0, 0.05) is 5.02 Å². The Hall–Kier alpha value is -0.830. The Balaban J connectivity index is 2.28. The monoisotopic (exact) mass is 236 g/mol. The number of nitrogens with two attached hydrogens (primary N) is 1. The first kappa shape index (κ1) is 11.6. The highest BCUT2D eigenvalue weighted by Crippen LogP contribution is 2.32. The normalized spacial score (nSPS) is 18.0. The predicted molar refractivity (Wildman–Crippen MR) is 68.1 cm³/mol. The lowest BCUT2D eigenvalue weighted by Crippen LogP contribution is -2.30. The zero-order chi connectivity index (χ0) is 11.4. The highest BCUT2D eigenvalue weighted by molar-refractivity contribution is 6.31. The lowest BCUT2D eigenvalue weighted by atomic mass is 9.90. The van der Waals surface area contributed by atoms with Crippen molar-refractivity contribution in [1.29, 1.82) is 0 Å². The summed E-state index contributed by atoms with van der Waals surface area (Å²) in [6.07, 6.45) is 7.08. The van der Waals surface area contributed by atoms with Crippen molar-refractivity contribution < 1.29 is 0 Å². The van der Waals surface area contributed by atoms with Crippen molar-refractivity contribution in [2.75, 3.05) is 0 Å². The summed E-state index contributed by atoms with van der Waals surface area (Å²) in [6, 6.07) is 7.94. The maximum absolute atomic E-state index is 6.19. The molecule has 1 aromatic rings. The summed E-state index contributed by atoms with van der Waals surface area (Å²) in [7, 11) is 0. The number of hydrogen-bond donors (Lipinski definition) is 2. The maximum Gasteiger partial charge on any atom is 0.0684 e. The highest BCUT2D eigenvalue weighted by atomic mass is 35.5. The Kier molecular flexibility index (Phi) is 3.99. The molecule has 1 atom stereocenters. The fraction of sp³-hybridized carbons (Fsp3) is 0.385. The van der Waals surface area contributed by atoms with E-state index in [-0.39, 0.29) is 6.04 Å². The molecule has 0 aromatic heterocycles. The summed E-state index contributed by atoms with van der Waals surface area (Å²) in [4.78, 5) is 0. The van der Waals surface area contributed by atoms with Crippen LogP contribution in [0.5, 0.6) is 0 Å². The van der Waals surface area contributed by atoms with Gasteiger partial charge in [0.1, 0.15) is 0 Å². The van der Waals surface area contributed by atoms with Crippen molar-refractivity contribution in [3.8, 4) is 0 Å². The largest absolute Gasteiger partial charge is 0.271 e. The minimum Gasteiger partial charge on any atom is -0.271 e. The molecular weight excluding hydrogens is 220 g/mol. The number of nitrogens with one attached hydrogen (secondary N) is 1. The van der Waals surface area contributed by atoms with Gasteiger partial charge in [-0.3, -0.25) is 5.84 Å². The van der Waals surface area contributed by atoms with E-state index in [4.69, 9.17) is 17.4 Å². The van der Waals surface area contributed by atoms with Crippen LogP contribution in [0.15, 0.2) is 35.9 Å². The molecule has 2 rings (SSSR count). The third-order valence-corrected chi connectivity index (χ3v) is 3.42. The Labute approximate surface area is 101 Å². The van der Waals surface area contributed by atoms with Crippen LogP contribution in [0.25, 0.3) is 0 Å². The summed E-state index contributed by atoms with van der Waals surface area (Å²) < 4.78 is 0. The summed E-state index contributed by atoms with van der Waals surface area (Å²) >= 11 is 6.19. The van der Waals surface area contributed by atoms with E-state index in [1.807, 2.05) is 24.3 Å². The standard InChI is InChI=1S/C13H17ClN2/c14-12-9-5-4-8-11(12)13(16-15)10-6-2-1-3-7-10/h4-6,8-9,13,16H,1-3,7,15H2. The van der Waals surface area contributed by atoms with Gasteiger partial charge in [-0.1, -0.05) is 41.4 Å². The fourth-order valence-electron chi connectivity index (χ4n) is 2.23.